The second-order valence-electron chi connectivity index (χ2n) is 13.8. The lowest BCUT2D eigenvalue weighted by atomic mass is 9.67. The number of hydrogen-bond acceptors (Lipinski definition) is 6. The van der Waals surface area contributed by atoms with Gasteiger partial charge in [-0.25, -0.2) is 13.1 Å². The van der Waals surface area contributed by atoms with E-state index in [2.05, 4.69) is 27.1 Å². The molecule has 2 fully saturated rings. The molecule has 2 aromatic rings. The third kappa shape index (κ3) is 6.30. The van der Waals surface area contributed by atoms with Crippen LogP contribution in [0.5, 0.6) is 5.75 Å². The lowest BCUT2D eigenvalue weighted by Crippen LogP contribution is -2.51. The number of amides is 1. The number of nitrogens with zero attached hydrogens (tertiary/aromatic N) is 1. The zero-order valence-electron chi connectivity index (χ0n) is 25.0. The maximum Gasteiger partial charge on any atom is 0.264 e. The van der Waals surface area contributed by atoms with Crippen molar-refractivity contribution >= 4 is 33.2 Å². The molecule has 2 saturated carbocycles. The molecule has 1 amide bonds. The van der Waals surface area contributed by atoms with Gasteiger partial charge in [-0.15, -0.1) is 0 Å². The van der Waals surface area contributed by atoms with E-state index in [1.165, 1.54) is 36.8 Å². The highest BCUT2D eigenvalue weighted by atomic mass is 35.5. The first-order valence-electron chi connectivity index (χ1n) is 16.4. The third-order valence-corrected chi connectivity index (χ3v) is 12.3. The molecule has 3 aliphatic carbocycles. The molecule has 2 bridgehead atoms. The molecule has 7 rings (SSSR count). The average Bonchev–Trinajstić information content (AvgIpc) is 3.80. The first kappa shape index (κ1) is 29.4. The van der Waals surface area contributed by atoms with E-state index >= 15 is 0 Å². The monoisotopic (exact) mass is 625 g/mol. The van der Waals surface area contributed by atoms with Crippen LogP contribution in [-0.2, 0) is 21.9 Å². The fourth-order valence-corrected chi connectivity index (χ4v) is 9.36. The third-order valence-electron chi connectivity index (χ3n) is 10.8. The molecule has 9 heteroatoms. The van der Waals surface area contributed by atoms with Crippen LogP contribution in [0.25, 0.3) is 0 Å². The summed E-state index contributed by atoms with van der Waals surface area (Å²) < 4.78 is 34.6. The summed E-state index contributed by atoms with van der Waals surface area (Å²) in [4.78, 5) is 15.7. The number of hydrogen-bond donors (Lipinski definition) is 2. The van der Waals surface area contributed by atoms with Gasteiger partial charge in [0.05, 0.1) is 18.0 Å². The predicted octanol–water partition coefficient (Wildman–Crippen LogP) is 5.84. The molecule has 0 saturated heterocycles. The Balaban J connectivity index is 1.25. The Kier molecular flexibility index (Phi) is 8.14. The van der Waals surface area contributed by atoms with Crippen LogP contribution in [0.1, 0.15) is 85.7 Å². The van der Waals surface area contributed by atoms with Gasteiger partial charge in [0.25, 0.3) is 5.91 Å². The van der Waals surface area contributed by atoms with Gasteiger partial charge < -0.3 is 15.0 Å². The molecule has 1 spiro atoms. The second-order valence-corrected chi connectivity index (χ2v) is 16.1. The van der Waals surface area contributed by atoms with Crippen LogP contribution in [0.3, 0.4) is 0 Å². The Hall–Kier alpha value is -2.29. The number of carbonyl (C=O) groups excluding carboxylic acids is 1. The molecular weight excluding hydrogens is 582 g/mol. The molecule has 232 valence electrons. The van der Waals surface area contributed by atoms with Crippen molar-refractivity contribution in [2.24, 2.45) is 17.8 Å². The van der Waals surface area contributed by atoms with Crippen molar-refractivity contribution in [3.05, 3.63) is 58.1 Å². The van der Waals surface area contributed by atoms with Crippen molar-refractivity contribution < 1.29 is 17.9 Å². The smallest absolute Gasteiger partial charge is 0.264 e. The number of benzene rings is 2. The Labute approximate surface area is 261 Å². The Morgan fingerprint density at radius 1 is 1.02 bits per heavy atom. The minimum Gasteiger partial charge on any atom is -0.490 e. The van der Waals surface area contributed by atoms with Gasteiger partial charge in [0.1, 0.15) is 5.75 Å². The first-order chi connectivity index (χ1) is 20.8. The van der Waals surface area contributed by atoms with Crippen LogP contribution in [0, 0.1) is 17.8 Å². The van der Waals surface area contributed by atoms with Gasteiger partial charge >= 0.3 is 0 Å². The Morgan fingerprint density at radius 3 is 2.72 bits per heavy atom. The molecule has 0 radical (unpaired) electrons. The molecule has 5 aliphatic rings. The minimum absolute atomic E-state index is 0.0307. The lowest BCUT2D eigenvalue weighted by Gasteiger charge is -2.47. The van der Waals surface area contributed by atoms with Crippen molar-refractivity contribution in [1.29, 1.82) is 0 Å². The number of ether oxygens (including phenoxy) is 1. The molecule has 0 unspecified atom stereocenters. The summed E-state index contributed by atoms with van der Waals surface area (Å²) in [5, 5.41) is 4.73. The van der Waals surface area contributed by atoms with E-state index in [9.17, 15) is 13.2 Å². The van der Waals surface area contributed by atoms with Crippen LogP contribution in [0.2, 0.25) is 5.02 Å². The standard InChI is InChI=1S/C34H44ClN3O4S/c35-27-11-13-29-24(17-27)5-4-15-34(29)21-38-20-26-9-12-28(26)30(36-19-23-7-8-23)6-2-1-3-16-43(40,41)37-33(39)25-10-14-32(42-22-34)31(38)18-25/h10-11,13-14,17-18,23,26,28,30,36H,1-9,12,15-16,19-22H2,(H,37,39)/t26-,28+,30-,34-/m0/s1. The van der Waals surface area contributed by atoms with Crippen molar-refractivity contribution in [2.45, 2.75) is 82.1 Å². The molecule has 4 atom stereocenters. The van der Waals surface area contributed by atoms with Crippen LogP contribution in [-0.4, -0.2) is 52.4 Å². The number of aryl methyl sites for hydroxylation is 1. The molecule has 0 aromatic heterocycles. The minimum atomic E-state index is -3.71. The van der Waals surface area contributed by atoms with Gasteiger partial charge in [-0.2, -0.15) is 0 Å². The number of halogens is 1. The summed E-state index contributed by atoms with van der Waals surface area (Å²) in [7, 11) is -3.71. The fourth-order valence-electron chi connectivity index (χ4n) is 8.08. The maximum atomic E-state index is 13.2. The van der Waals surface area contributed by atoms with E-state index in [1.54, 1.807) is 6.07 Å². The number of carbonyl (C=O) groups is 1. The highest BCUT2D eigenvalue weighted by Gasteiger charge is 2.44. The van der Waals surface area contributed by atoms with Crippen LogP contribution in [0.15, 0.2) is 36.4 Å². The lowest BCUT2D eigenvalue weighted by molar-refractivity contribution is 0.0981. The van der Waals surface area contributed by atoms with E-state index < -0.39 is 15.9 Å². The molecule has 7 nitrogen and oxygen atoms in total. The molecule has 2 heterocycles. The summed E-state index contributed by atoms with van der Waals surface area (Å²) in [5.41, 5.74) is 3.68. The normalized spacial score (nSPS) is 30.7. The summed E-state index contributed by atoms with van der Waals surface area (Å²) in [6.07, 6.45) is 11.7. The largest absolute Gasteiger partial charge is 0.490 e. The van der Waals surface area contributed by atoms with Gasteiger partial charge in [-0.1, -0.05) is 30.5 Å². The fraction of sp³-hybridized carbons (Fsp3) is 0.618. The van der Waals surface area contributed by atoms with E-state index in [-0.39, 0.29) is 11.2 Å². The summed E-state index contributed by atoms with van der Waals surface area (Å²) in [5.74, 6) is 2.13. The van der Waals surface area contributed by atoms with Crippen molar-refractivity contribution in [2.75, 3.05) is 36.9 Å². The molecule has 2 aromatic carbocycles. The summed E-state index contributed by atoms with van der Waals surface area (Å²) >= 11 is 6.43. The first-order valence-corrected chi connectivity index (χ1v) is 18.4. The Morgan fingerprint density at radius 2 is 1.91 bits per heavy atom. The number of sulfonamides is 1. The van der Waals surface area contributed by atoms with Crippen molar-refractivity contribution in [3.63, 3.8) is 0 Å². The van der Waals surface area contributed by atoms with Gasteiger partial charge in [0.2, 0.25) is 10.0 Å². The Bertz CT molecular complexity index is 1480. The number of anilines is 1. The average molecular weight is 626 g/mol. The van der Waals surface area contributed by atoms with Crippen LogP contribution < -0.4 is 19.7 Å². The van der Waals surface area contributed by atoms with Gasteiger partial charge in [0.15, 0.2) is 0 Å². The SMILES string of the molecule is O=C1NS(=O)(=O)CCCCC[C@H](NCC2CC2)[C@@H]2CC[C@H]2CN2C[C@@]3(CCCc4cc(Cl)ccc43)COc3ccc1cc32. The summed E-state index contributed by atoms with van der Waals surface area (Å²) in [6, 6.07) is 12.2. The highest BCUT2D eigenvalue weighted by molar-refractivity contribution is 7.90. The number of rotatable bonds is 3. The zero-order chi connectivity index (χ0) is 29.6. The molecule has 43 heavy (non-hydrogen) atoms. The van der Waals surface area contributed by atoms with E-state index in [0.29, 0.717) is 36.5 Å². The zero-order valence-corrected chi connectivity index (χ0v) is 26.5. The number of nitrogens with one attached hydrogen (secondary N) is 2. The maximum absolute atomic E-state index is 13.2. The van der Waals surface area contributed by atoms with Crippen molar-refractivity contribution in [1.82, 2.24) is 10.0 Å². The van der Waals surface area contributed by atoms with Gasteiger partial charge in [-0.05, 0) is 124 Å². The van der Waals surface area contributed by atoms with E-state index in [1.807, 2.05) is 18.2 Å². The molecular formula is C34H44ClN3O4S. The van der Waals surface area contributed by atoms with Crippen LogP contribution in [0.4, 0.5) is 5.69 Å². The van der Waals surface area contributed by atoms with E-state index in [0.717, 1.165) is 80.5 Å². The van der Waals surface area contributed by atoms with Crippen LogP contribution >= 0.6 is 11.6 Å². The summed E-state index contributed by atoms with van der Waals surface area (Å²) in [6.45, 7) is 3.35. The predicted molar refractivity (Wildman–Crippen MR) is 171 cm³/mol. The second kappa shape index (κ2) is 11.9. The van der Waals surface area contributed by atoms with Gasteiger partial charge in [0, 0.05) is 35.1 Å². The molecule has 2 N–H and O–H groups in total. The molecule has 2 aliphatic heterocycles. The van der Waals surface area contributed by atoms with Crippen molar-refractivity contribution in [3.8, 4) is 5.75 Å². The highest BCUT2D eigenvalue weighted by Crippen LogP contribution is 2.47. The quantitative estimate of drug-likeness (QED) is 0.446. The number of fused-ring (bicyclic) bond motifs is 4. The van der Waals surface area contributed by atoms with E-state index in [4.69, 9.17) is 16.3 Å². The topological polar surface area (TPSA) is 87.7 Å². The van der Waals surface area contributed by atoms with Gasteiger partial charge in [-0.3, -0.25) is 4.79 Å².